The highest BCUT2D eigenvalue weighted by atomic mass is 19.4. The third-order valence-corrected chi connectivity index (χ3v) is 3.73. The number of benzene rings is 1. The minimum Gasteiger partial charge on any atom is -0.349 e. The van der Waals surface area contributed by atoms with Gasteiger partial charge in [0.15, 0.2) is 0 Å². The van der Waals surface area contributed by atoms with Crippen molar-refractivity contribution in [3.8, 4) is 0 Å². The summed E-state index contributed by atoms with van der Waals surface area (Å²) in [6.45, 7) is 0. The molecule has 0 saturated heterocycles. The van der Waals surface area contributed by atoms with E-state index < -0.39 is 29.0 Å². The van der Waals surface area contributed by atoms with Crippen LogP contribution in [0.25, 0.3) is 0 Å². The molecule has 1 aliphatic carbocycles. The van der Waals surface area contributed by atoms with E-state index >= 15 is 0 Å². The maximum atomic E-state index is 13.6. The first kappa shape index (κ1) is 15.8. The molecule has 2 nitrogen and oxygen atoms in total. The zero-order chi connectivity index (χ0) is 15.5. The highest BCUT2D eigenvalue weighted by molar-refractivity contribution is 5.94. The standard InChI is InChI=1S/C15H17F4NO/c16-13-8-7-10(15(17,18)19)9-12(13)14(21)20-11-5-3-1-2-4-6-11/h7-9,11H,1-6H2,(H,20,21). The number of nitrogens with one attached hydrogen (secondary N) is 1. The van der Waals surface area contributed by atoms with Gasteiger partial charge in [-0.2, -0.15) is 13.2 Å². The van der Waals surface area contributed by atoms with E-state index in [1.165, 1.54) is 0 Å². The lowest BCUT2D eigenvalue weighted by Crippen LogP contribution is -2.35. The summed E-state index contributed by atoms with van der Waals surface area (Å²) in [5.41, 5.74) is -1.57. The lowest BCUT2D eigenvalue weighted by Gasteiger charge is -2.17. The van der Waals surface area contributed by atoms with Crippen molar-refractivity contribution in [3.63, 3.8) is 0 Å². The molecule has 21 heavy (non-hydrogen) atoms. The maximum Gasteiger partial charge on any atom is 0.416 e. The highest BCUT2D eigenvalue weighted by Crippen LogP contribution is 2.30. The van der Waals surface area contributed by atoms with E-state index in [4.69, 9.17) is 0 Å². The van der Waals surface area contributed by atoms with Crippen LogP contribution in [-0.4, -0.2) is 11.9 Å². The number of amides is 1. The molecule has 1 saturated carbocycles. The molecule has 0 aromatic heterocycles. The summed E-state index contributed by atoms with van der Waals surface area (Å²) in [5.74, 6) is -1.71. The van der Waals surface area contributed by atoms with Crippen molar-refractivity contribution >= 4 is 5.91 Å². The largest absolute Gasteiger partial charge is 0.416 e. The molecular formula is C15H17F4NO. The Kier molecular flexibility index (Phi) is 4.85. The molecule has 1 fully saturated rings. The molecule has 0 bridgehead atoms. The Morgan fingerprint density at radius 1 is 1.10 bits per heavy atom. The number of hydrogen-bond acceptors (Lipinski definition) is 1. The summed E-state index contributed by atoms with van der Waals surface area (Å²) in [4.78, 5) is 12.0. The van der Waals surface area contributed by atoms with Gasteiger partial charge in [-0.15, -0.1) is 0 Å². The summed E-state index contributed by atoms with van der Waals surface area (Å²) >= 11 is 0. The predicted octanol–water partition coefficient (Wildman–Crippen LogP) is 4.30. The topological polar surface area (TPSA) is 29.1 Å². The van der Waals surface area contributed by atoms with Crippen LogP contribution < -0.4 is 5.32 Å². The number of hydrogen-bond donors (Lipinski definition) is 1. The van der Waals surface area contributed by atoms with Crippen molar-refractivity contribution in [2.45, 2.75) is 50.7 Å². The van der Waals surface area contributed by atoms with Gasteiger partial charge in [0, 0.05) is 6.04 Å². The first-order chi connectivity index (χ1) is 9.88. The molecule has 1 amide bonds. The number of carbonyl (C=O) groups is 1. The number of alkyl halides is 3. The Morgan fingerprint density at radius 3 is 2.29 bits per heavy atom. The first-order valence-electron chi connectivity index (χ1n) is 7.05. The van der Waals surface area contributed by atoms with Crippen molar-refractivity contribution < 1.29 is 22.4 Å². The van der Waals surface area contributed by atoms with Gasteiger partial charge >= 0.3 is 6.18 Å². The van der Waals surface area contributed by atoms with Crippen molar-refractivity contribution in [2.24, 2.45) is 0 Å². The van der Waals surface area contributed by atoms with Crippen LogP contribution in [0.3, 0.4) is 0 Å². The Hall–Kier alpha value is -1.59. The molecule has 1 aliphatic rings. The Morgan fingerprint density at radius 2 is 1.71 bits per heavy atom. The summed E-state index contributed by atoms with van der Waals surface area (Å²) in [5, 5.41) is 2.65. The molecule has 116 valence electrons. The van der Waals surface area contributed by atoms with Crippen molar-refractivity contribution in [3.05, 3.63) is 35.1 Å². The van der Waals surface area contributed by atoms with Crippen LogP contribution in [0.5, 0.6) is 0 Å². The Bertz CT molecular complexity index is 505. The van der Waals surface area contributed by atoms with Crippen LogP contribution in [0.1, 0.15) is 54.4 Å². The van der Waals surface area contributed by atoms with Crippen molar-refractivity contribution in [2.75, 3.05) is 0 Å². The molecule has 0 radical (unpaired) electrons. The van der Waals surface area contributed by atoms with Crippen LogP contribution in [0.15, 0.2) is 18.2 Å². The normalized spacial score (nSPS) is 17.3. The smallest absolute Gasteiger partial charge is 0.349 e. The molecule has 0 unspecified atom stereocenters. The van der Waals surface area contributed by atoms with Crippen LogP contribution in [0.2, 0.25) is 0 Å². The van der Waals surface area contributed by atoms with Gasteiger partial charge in [-0.05, 0) is 31.0 Å². The van der Waals surface area contributed by atoms with Gasteiger partial charge < -0.3 is 5.32 Å². The number of rotatable bonds is 2. The molecule has 1 aromatic carbocycles. The van der Waals surface area contributed by atoms with E-state index in [0.717, 1.165) is 38.5 Å². The summed E-state index contributed by atoms with van der Waals surface area (Å²) in [7, 11) is 0. The van der Waals surface area contributed by atoms with Crippen LogP contribution in [0.4, 0.5) is 17.6 Å². The van der Waals surface area contributed by atoms with E-state index in [9.17, 15) is 22.4 Å². The van der Waals surface area contributed by atoms with Crippen molar-refractivity contribution in [1.29, 1.82) is 0 Å². The van der Waals surface area contributed by atoms with E-state index in [2.05, 4.69) is 5.32 Å². The maximum absolute atomic E-state index is 13.6. The second-order valence-electron chi connectivity index (χ2n) is 5.35. The SMILES string of the molecule is O=C(NC1CCCCCC1)c1cc(C(F)(F)F)ccc1F. The molecule has 0 spiro atoms. The fourth-order valence-electron chi connectivity index (χ4n) is 2.56. The Labute approximate surface area is 120 Å². The average Bonchev–Trinajstić information content (AvgIpc) is 2.66. The fourth-order valence-corrected chi connectivity index (χ4v) is 2.56. The van der Waals surface area contributed by atoms with Crippen molar-refractivity contribution in [1.82, 2.24) is 5.32 Å². The van der Waals surface area contributed by atoms with Gasteiger partial charge in [-0.1, -0.05) is 25.7 Å². The van der Waals surface area contributed by atoms with Gasteiger partial charge in [0.05, 0.1) is 11.1 Å². The molecule has 2 rings (SSSR count). The zero-order valence-electron chi connectivity index (χ0n) is 11.5. The van der Waals surface area contributed by atoms with E-state index in [0.29, 0.717) is 18.2 Å². The van der Waals surface area contributed by atoms with Crippen LogP contribution in [0, 0.1) is 5.82 Å². The van der Waals surface area contributed by atoms with Gasteiger partial charge in [0.1, 0.15) is 5.82 Å². The monoisotopic (exact) mass is 303 g/mol. The first-order valence-corrected chi connectivity index (χ1v) is 7.05. The van der Waals surface area contributed by atoms with Crippen LogP contribution in [-0.2, 0) is 6.18 Å². The summed E-state index contributed by atoms with van der Waals surface area (Å²) in [6, 6.07) is 1.80. The van der Waals surface area contributed by atoms with E-state index in [1.807, 2.05) is 0 Å². The summed E-state index contributed by atoms with van der Waals surface area (Å²) in [6.07, 6.45) is 1.09. The van der Waals surface area contributed by atoms with Gasteiger partial charge in [0.2, 0.25) is 0 Å². The van der Waals surface area contributed by atoms with Crippen LogP contribution >= 0.6 is 0 Å². The van der Waals surface area contributed by atoms with E-state index in [1.54, 1.807) is 0 Å². The summed E-state index contributed by atoms with van der Waals surface area (Å²) < 4.78 is 51.5. The molecule has 1 N–H and O–H groups in total. The van der Waals surface area contributed by atoms with Gasteiger partial charge in [-0.25, -0.2) is 4.39 Å². The highest BCUT2D eigenvalue weighted by Gasteiger charge is 2.32. The third-order valence-electron chi connectivity index (χ3n) is 3.73. The van der Waals surface area contributed by atoms with E-state index in [-0.39, 0.29) is 6.04 Å². The quantitative estimate of drug-likeness (QED) is 0.640. The molecular weight excluding hydrogens is 286 g/mol. The lowest BCUT2D eigenvalue weighted by atomic mass is 10.1. The Balaban J connectivity index is 2.14. The second kappa shape index (κ2) is 6.45. The minimum absolute atomic E-state index is 0.0889. The van der Waals surface area contributed by atoms with Gasteiger partial charge in [-0.3, -0.25) is 4.79 Å². The second-order valence-corrected chi connectivity index (χ2v) is 5.35. The zero-order valence-corrected chi connectivity index (χ0v) is 11.5. The molecule has 0 atom stereocenters. The number of carbonyl (C=O) groups excluding carboxylic acids is 1. The fraction of sp³-hybridized carbons (Fsp3) is 0.533. The predicted molar refractivity (Wildman–Crippen MR) is 70.4 cm³/mol. The molecule has 1 aromatic rings. The minimum atomic E-state index is -4.59. The lowest BCUT2D eigenvalue weighted by molar-refractivity contribution is -0.137. The third kappa shape index (κ3) is 4.19. The van der Waals surface area contributed by atoms with Gasteiger partial charge in [0.25, 0.3) is 5.91 Å². The molecule has 6 heteroatoms. The molecule has 0 heterocycles. The average molecular weight is 303 g/mol. The number of halogens is 4. The molecule has 0 aliphatic heterocycles.